The molecule has 0 aliphatic heterocycles. The van der Waals surface area contributed by atoms with Gasteiger partial charge in [-0.05, 0) is 48.5 Å². The van der Waals surface area contributed by atoms with E-state index in [1.165, 1.54) is 0 Å². The van der Waals surface area contributed by atoms with Gasteiger partial charge in [-0.2, -0.15) is 4.98 Å². The highest BCUT2D eigenvalue weighted by Crippen LogP contribution is 2.29. The van der Waals surface area contributed by atoms with E-state index in [4.69, 9.17) is 4.52 Å². The molecule has 7 heteroatoms. The van der Waals surface area contributed by atoms with Crippen LogP contribution in [0.5, 0.6) is 0 Å². The van der Waals surface area contributed by atoms with Crippen LogP contribution in [0.25, 0.3) is 0 Å². The van der Waals surface area contributed by atoms with Gasteiger partial charge in [0.05, 0.1) is 0 Å². The van der Waals surface area contributed by atoms with E-state index in [1.54, 1.807) is 11.8 Å². The standard InChI is InChI=1S/C20H20BrN3O2S/c1-13(2)20-23-19(26-24-20)12-11-18(25)22-15-5-9-17(10-6-15)27-16-7-3-14(21)4-8-16/h3-10,13H,11-12H2,1-2H3,(H,22,25). The largest absolute Gasteiger partial charge is 0.339 e. The Hall–Kier alpha value is -2.12. The number of rotatable bonds is 7. The van der Waals surface area contributed by atoms with E-state index in [1.807, 2.05) is 50.2 Å². The molecule has 5 nitrogen and oxygen atoms in total. The van der Waals surface area contributed by atoms with Crippen LogP contribution in [0.15, 0.2) is 67.3 Å². The average Bonchev–Trinajstić information content (AvgIpc) is 3.13. The van der Waals surface area contributed by atoms with Gasteiger partial charge in [0.1, 0.15) is 0 Å². The molecular formula is C20H20BrN3O2S. The second kappa shape index (κ2) is 9.19. The second-order valence-corrected chi connectivity index (χ2v) is 8.39. The predicted octanol–water partition coefficient (Wildman–Crippen LogP) is 5.68. The van der Waals surface area contributed by atoms with E-state index in [0.717, 1.165) is 20.0 Å². The van der Waals surface area contributed by atoms with E-state index in [0.29, 0.717) is 24.6 Å². The Morgan fingerprint density at radius 2 is 1.74 bits per heavy atom. The Kier molecular flexibility index (Phi) is 6.68. The normalized spacial score (nSPS) is 11.0. The molecule has 0 saturated heterocycles. The molecule has 0 saturated carbocycles. The zero-order chi connectivity index (χ0) is 19.2. The summed E-state index contributed by atoms with van der Waals surface area (Å²) < 4.78 is 6.22. The molecular weight excluding hydrogens is 426 g/mol. The highest BCUT2D eigenvalue weighted by atomic mass is 79.9. The van der Waals surface area contributed by atoms with Crippen LogP contribution in [0.3, 0.4) is 0 Å². The van der Waals surface area contributed by atoms with Crippen molar-refractivity contribution in [3.05, 3.63) is 64.7 Å². The fourth-order valence-corrected chi connectivity index (χ4v) is 3.37. The minimum atomic E-state index is -0.0763. The van der Waals surface area contributed by atoms with E-state index in [-0.39, 0.29) is 11.8 Å². The monoisotopic (exact) mass is 445 g/mol. The number of carbonyl (C=O) groups is 1. The lowest BCUT2D eigenvalue weighted by Gasteiger charge is -2.06. The first-order valence-electron chi connectivity index (χ1n) is 8.65. The molecule has 0 aliphatic rings. The number of anilines is 1. The lowest BCUT2D eigenvalue weighted by molar-refractivity contribution is -0.116. The molecule has 3 rings (SSSR count). The molecule has 3 aromatic rings. The topological polar surface area (TPSA) is 68.0 Å². The second-order valence-electron chi connectivity index (χ2n) is 6.33. The number of carbonyl (C=O) groups excluding carboxylic acids is 1. The number of benzene rings is 2. The van der Waals surface area contributed by atoms with Crippen molar-refractivity contribution in [1.82, 2.24) is 10.1 Å². The number of hydrogen-bond donors (Lipinski definition) is 1. The smallest absolute Gasteiger partial charge is 0.227 e. The van der Waals surface area contributed by atoms with Crippen LogP contribution in [0, 0.1) is 0 Å². The van der Waals surface area contributed by atoms with Crippen LogP contribution in [0.1, 0.15) is 37.9 Å². The summed E-state index contributed by atoms with van der Waals surface area (Å²) in [6, 6.07) is 16.0. The van der Waals surface area contributed by atoms with Gasteiger partial charge in [-0.1, -0.05) is 46.7 Å². The molecule has 140 valence electrons. The quantitative estimate of drug-likeness (QED) is 0.506. The summed E-state index contributed by atoms with van der Waals surface area (Å²) in [7, 11) is 0. The van der Waals surface area contributed by atoms with E-state index >= 15 is 0 Å². The molecule has 0 atom stereocenters. The summed E-state index contributed by atoms with van der Waals surface area (Å²) in [6.07, 6.45) is 0.734. The average molecular weight is 446 g/mol. The van der Waals surface area contributed by atoms with Crippen molar-refractivity contribution in [2.24, 2.45) is 0 Å². The zero-order valence-corrected chi connectivity index (χ0v) is 17.5. The van der Waals surface area contributed by atoms with Crippen LogP contribution in [-0.2, 0) is 11.2 Å². The molecule has 1 aromatic heterocycles. The first-order valence-corrected chi connectivity index (χ1v) is 10.3. The van der Waals surface area contributed by atoms with Gasteiger partial charge in [-0.25, -0.2) is 0 Å². The van der Waals surface area contributed by atoms with Crippen molar-refractivity contribution in [2.75, 3.05) is 5.32 Å². The van der Waals surface area contributed by atoms with Crippen molar-refractivity contribution in [1.29, 1.82) is 0 Å². The van der Waals surface area contributed by atoms with Crippen molar-refractivity contribution >= 4 is 39.3 Å². The van der Waals surface area contributed by atoms with E-state index in [2.05, 4.69) is 43.5 Å². The van der Waals surface area contributed by atoms with Crippen LogP contribution in [-0.4, -0.2) is 16.0 Å². The molecule has 0 unspecified atom stereocenters. The highest BCUT2D eigenvalue weighted by Gasteiger charge is 2.11. The van der Waals surface area contributed by atoms with Gasteiger partial charge in [0.2, 0.25) is 11.8 Å². The van der Waals surface area contributed by atoms with Crippen molar-refractivity contribution < 1.29 is 9.32 Å². The lowest BCUT2D eigenvalue weighted by Crippen LogP contribution is -2.12. The molecule has 0 aliphatic carbocycles. The van der Waals surface area contributed by atoms with Crippen LogP contribution < -0.4 is 5.32 Å². The molecule has 2 aromatic carbocycles. The third kappa shape index (κ3) is 5.94. The fourth-order valence-electron chi connectivity index (χ4n) is 2.29. The molecule has 0 bridgehead atoms. The van der Waals surface area contributed by atoms with Crippen molar-refractivity contribution in [3.8, 4) is 0 Å². The summed E-state index contributed by atoms with van der Waals surface area (Å²) >= 11 is 5.11. The van der Waals surface area contributed by atoms with Gasteiger partial charge in [0.15, 0.2) is 5.82 Å². The van der Waals surface area contributed by atoms with Crippen LogP contribution in [0.4, 0.5) is 5.69 Å². The SMILES string of the molecule is CC(C)c1noc(CCC(=O)Nc2ccc(Sc3ccc(Br)cc3)cc2)n1. The first-order chi connectivity index (χ1) is 13.0. The van der Waals surface area contributed by atoms with Gasteiger partial charge in [0.25, 0.3) is 0 Å². The number of nitrogens with zero attached hydrogens (tertiary/aromatic N) is 2. The van der Waals surface area contributed by atoms with Gasteiger partial charge >= 0.3 is 0 Å². The number of halogens is 1. The highest BCUT2D eigenvalue weighted by molar-refractivity contribution is 9.10. The predicted molar refractivity (Wildman–Crippen MR) is 110 cm³/mol. The summed E-state index contributed by atoms with van der Waals surface area (Å²) in [5, 5.41) is 6.80. The number of nitrogens with one attached hydrogen (secondary N) is 1. The van der Waals surface area contributed by atoms with Gasteiger partial charge in [-0.15, -0.1) is 0 Å². The minimum Gasteiger partial charge on any atom is -0.339 e. The summed E-state index contributed by atoms with van der Waals surface area (Å²) in [5.74, 6) is 1.30. The maximum absolute atomic E-state index is 12.1. The lowest BCUT2D eigenvalue weighted by atomic mass is 10.2. The molecule has 1 heterocycles. The fraction of sp³-hybridized carbons (Fsp3) is 0.250. The Bertz CT molecular complexity index is 892. The number of aromatic nitrogens is 2. The Balaban J connectivity index is 1.49. The molecule has 0 fully saturated rings. The summed E-state index contributed by atoms with van der Waals surface area (Å²) in [6.45, 7) is 4.00. The summed E-state index contributed by atoms with van der Waals surface area (Å²) in [4.78, 5) is 18.7. The first kappa shape index (κ1) is 19.6. The molecule has 1 N–H and O–H groups in total. The Morgan fingerprint density at radius 3 is 2.33 bits per heavy atom. The minimum absolute atomic E-state index is 0.0763. The van der Waals surface area contributed by atoms with Crippen LogP contribution in [0.2, 0.25) is 0 Å². The van der Waals surface area contributed by atoms with Crippen molar-refractivity contribution in [3.63, 3.8) is 0 Å². The molecule has 27 heavy (non-hydrogen) atoms. The zero-order valence-electron chi connectivity index (χ0n) is 15.1. The summed E-state index contributed by atoms with van der Waals surface area (Å²) in [5.41, 5.74) is 0.772. The Labute approximate surface area is 171 Å². The van der Waals surface area contributed by atoms with Gasteiger partial charge < -0.3 is 9.84 Å². The molecule has 1 amide bonds. The van der Waals surface area contributed by atoms with Crippen LogP contribution >= 0.6 is 27.7 Å². The number of amides is 1. The van der Waals surface area contributed by atoms with Gasteiger partial charge in [-0.3, -0.25) is 4.79 Å². The molecule has 0 radical (unpaired) electrons. The van der Waals surface area contributed by atoms with Crippen molar-refractivity contribution in [2.45, 2.75) is 42.4 Å². The maximum atomic E-state index is 12.1. The number of hydrogen-bond acceptors (Lipinski definition) is 5. The third-order valence-corrected chi connectivity index (χ3v) is 5.30. The van der Waals surface area contributed by atoms with E-state index < -0.39 is 0 Å². The maximum Gasteiger partial charge on any atom is 0.227 e. The van der Waals surface area contributed by atoms with Gasteiger partial charge in [0, 0.05) is 38.7 Å². The third-order valence-electron chi connectivity index (χ3n) is 3.75. The Morgan fingerprint density at radius 1 is 1.11 bits per heavy atom. The number of aryl methyl sites for hydroxylation is 1. The molecule has 0 spiro atoms. The van der Waals surface area contributed by atoms with E-state index in [9.17, 15) is 4.79 Å².